The average Bonchev–Trinajstić information content (AvgIpc) is 2.29. The molecule has 1 fully saturated rings. The first-order chi connectivity index (χ1) is 7.36. The van der Waals surface area contributed by atoms with Crippen LogP contribution in [0.2, 0.25) is 0 Å². The largest absolute Gasteiger partial charge is 0.251 e. The molecule has 1 aliphatic heterocycles. The van der Waals surface area contributed by atoms with Crippen LogP contribution in [0.15, 0.2) is 24.3 Å². The van der Waals surface area contributed by atoms with E-state index in [9.17, 15) is 0 Å². The summed E-state index contributed by atoms with van der Waals surface area (Å²) in [5.41, 5.74) is 6.29. The molecule has 1 N–H and O–H groups in total. The van der Waals surface area contributed by atoms with Gasteiger partial charge in [0.15, 0.2) is 0 Å². The van der Waals surface area contributed by atoms with Crippen molar-refractivity contribution in [3.63, 3.8) is 0 Å². The highest BCUT2D eigenvalue weighted by Crippen LogP contribution is 2.09. The number of rotatable bonds is 3. The number of hydrogen-bond acceptors (Lipinski definition) is 2. The topological polar surface area (TPSA) is 15.3 Å². The first kappa shape index (κ1) is 10.7. The van der Waals surface area contributed by atoms with Gasteiger partial charge in [0, 0.05) is 19.6 Å². The Balaban J connectivity index is 1.84. The van der Waals surface area contributed by atoms with E-state index in [0.717, 1.165) is 6.54 Å². The number of benzene rings is 1. The molecule has 15 heavy (non-hydrogen) atoms. The number of hydrazine groups is 1. The van der Waals surface area contributed by atoms with Gasteiger partial charge in [-0.1, -0.05) is 30.7 Å². The van der Waals surface area contributed by atoms with Crippen molar-refractivity contribution < 1.29 is 0 Å². The maximum atomic E-state index is 3.51. The first-order valence-corrected chi connectivity index (χ1v) is 5.89. The van der Waals surface area contributed by atoms with Crippen molar-refractivity contribution in [2.24, 2.45) is 0 Å². The summed E-state index contributed by atoms with van der Waals surface area (Å²) in [5, 5.41) is 2.36. The number of aryl methyl sites for hydroxylation is 1. The molecule has 82 valence electrons. The SMILES string of the molecule is Cc1ccccc1CNN1CCCCC1. The van der Waals surface area contributed by atoms with Crippen LogP contribution in [0.3, 0.4) is 0 Å². The highest BCUT2D eigenvalue weighted by atomic mass is 15.5. The van der Waals surface area contributed by atoms with E-state index in [1.807, 2.05) is 0 Å². The van der Waals surface area contributed by atoms with Gasteiger partial charge >= 0.3 is 0 Å². The molecule has 0 spiro atoms. The van der Waals surface area contributed by atoms with E-state index in [1.54, 1.807) is 0 Å². The molecule has 0 aliphatic carbocycles. The summed E-state index contributed by atoms with van der Waals surface area (Å²) in [6, 6.07) is 8.58. The maximum Gasteiger partial charge on any atom is 0.0356 e. The standard InChI is InChI=1S/C13H20N2/c1-12-7-3-4-8-13(12)11-14-15-9-5-2-6-10-15/h3-4,7-8,14H,2,5-6,9-11H2,1H3. The molecule has 0 saturated carbocycles. The lowest BCUT2D eigenvalue weighted by molar-refractivity contribution is 0.151. The third-order valence-electron chi connectivity index (χ3n) is 3.11. The quantitative estimate of drug-likeness (QED) is 0.813. The van der Waals surface area contributed by atoms with Gasteiger partial charge < -0.3 is 0 Å². The number of piperidine rings is 1. The molecule has 1 aliphatic rings. The minimum absolute atomic E-state index is 0.965. The van der Waals surface area contributed by atoms with Gasteiger partial charge in [0.05, 0.1) is 0 Å². The lowest BCUT2D eigenvalue weighted by atomic mass is 10.1. The van der Waals surface area contributed by atoms with Crippen molar-refractivity contribution in [2.75, 3.05) is 13.1 Å². The van der Waals surface area contributed by atoms with E-state index < -0.39 is 0 Å². The minimum atomic E-state index is 0.965. The zero-order valence-electron chi connectivity index (χ0n) is 9.50. The van der Waals surface area contributed by atoms with Crippen LogP contribution >= 0.6 is 0 Å². The summed E-state index contributed by atoms with van der Waals surface area (Å²) in [6.07, 6.45) is 4.06. The first-order valence-electron chi connectivity index (χ1n) is 5.89. The Bertz CT molecular complexity index is 303. The number of hydrogen-bond donors (Lipinski definition) is 1. The van der Waals surface area contributed by atoms with Crippen molar-refractivity contribution in [3.05, 3.63) is 35.4 Å². The molecule has 2 nitrogen and oxygen atoms in total. The Kier molecular flexibility index (Phi) is 3.75. The Morgan fingerprint density at radius 2 is 1.87 bits per heavy atom. The summed E-state index contributed by atoms with van der Waals surface area (Å²) in [7, 11) is 0. The van der Waals surface area contributed by atoms with E-state index in [-0.39, 0.29) is 0 Å². The predicted molar refractivity (Wildman–Crippen MR) is 63.4 cm³/mol. The zero-order valence-corrected chi connectivity index (χ0v) is 9.50. The van der Waals surface area contributed by atoms with Crippen LogP contribution in [-0.2, 0) is 6.54 Å². The summed E-state index contributed by atoms with van der Waals surface area (Å²) in [4.78, 5) is 0. The highest BCUT2D eigenvalue weighted by Gasteiger charge is 2.09. The Hall–Kier alpha value is -0.860. The zero-order chi connectivity index (χ0) is 10.5. The van der Waals surface area contributed by atoms with E-state index in [0.29, 0.717) is 0 Å². The van der Waals surface area contributed by atoms with Gasteiger partial charge in [0.1, 0.15) is 0 Å². The van der Waals surface area contributed by atoms with Crippen LogP contribution in [0.25, 0.3) is 0 Å². The molecule has 2 heteroatoms. The van der Waals surface area contributed by atoms with Crippen molar-refractivity contribution in [1.29, 1.82) is 0 Å². The second-order valence-corrected chi connectivity index (χ2v) is 4.31. The van der Waals surface area contributed by atoms with Crippen molar-refractivity contribution >= 4 is 0 Å². The fourth-order valence-corrected chi connectivity index (χ4v) is 2.06. The fraction of sp³-hybridized carbons (Fsp3) is 0.538. The van der Waals surface area contributed by atoms with Crippen molar-refractivity contribution in [2.45, 2.75) is 32.7 Å². The molecular formula is C13H20N2. The summed E-state index contributed by atoms with van der Waals surface area (Å²) in [6.45, 7) is 5.54. The monoisotopic (exact) mass is 204 g/mol. The molecule has 1 aromatic rings. The summed E-state index contributed by atoms with van der Waals surface area (Å²) in [5.74, 6) is 0. The molecule has 1 aromatic carbocycles. The van der Waals surface area contributed by atoms with Gasteiger partial charge in [-0.15, -0.1) is 0 Å². The molecule has 0 amide bonds. The van der Waals surface area contributed by atoms with Crippen LogP contribution in [-0.4, -0.2) is 18.1 Å². The van der Waals surface area contributed by atoms with Crippen LogP contribution in [0.5, 0.6) is 0 Å². The molecule has 0 atom stereocenters. The fourth-order valence-electron chi connectivity index (χ4n) is 2.06. The van der Waals surface area contributed by atoms with E-state index in [1.165, 1.54) is 43.5 Å². The third kappa shape index (κ3) is 3.05. The second kappa shape index (κ2) is 5.29. The van der Waals surface area contributed by atoms with Crippen molar-refractivity contribution in [1.82, 2.24) is 10.4 Å². The molecule has 1 heterocycles. The Labute approximate surface area is 92.3 Å². The lowest BCUT2D eigenvalue weighted by Crippen LogP contribution is -2.41. The molecule has 2 rings (SSSR count). The van der Waals surface area contributed by atoms with E-state index in [2.05, 4.69) is 41.6 Å². The normalized spacial score (nSPS) is 17.9. The lowest BCUT2D eigenvalue weighted by Gasteiger charge is -2.27. The van der Waals surface area contributed by atoms with Gasteiger partial charge in [-0.25, -0.2) is 5.01 Å². The van der Waals surface area contributed by atoms with Crippen molar-refractivity contribution in [3.8, 4) is 0 Å². The Morgan fingerprint density at radius 1 is 1.13 bits per heavy atom. The second-order valence-electron chi connectivity index (χ2n) is 4.31. The smallest absolute Gasteiger partial charge is 0.0356 e. The number of nitrogens with one attached hydrogen (secondary N) is 1. The molecule has 0 aromatic heterocycles. The van der Waals surface area contributed by atoms with Crippen LogP contribution in [0, 0.1) is 6.92 Å². The highest BCUT2D eigenvalue weighted by molar-refractivity contribution is 5.25. The summed E-state index contributed by atoms with van der Waals surface area (Å²) >= 11 is 0. The third-order valence-corrected chi connectivity index (χ3v) is 3.11. The molecule has 0 radical (unpaired) electrons. The summed E-state index contributed by atoms with van der Waals surface area (Å²) < 4.78 is 0. The van der Waals surface area contributed by atoms with Gasteiger partial charge in [-0.2, -0.15) is 0 Å². The van der Waals surface area contributed by atoms with Gasteiger partial charge in [0.2, 0.25) is 0 Å². The van der Waals surface area contributed by atoms with E-state index in [4.69, 9.17) is 0 Å². The van der Waals surface area contributed by atoms with Crippen LogP contribution < -0.4 is 5.43 Å². The maximum absolute atomic E-state index is 3.51. The number of nitrogens with zero attached hydrogens (tertiary/aromatic N) is 1. The molecule has 1 saturated heterocycles. The molecular weight excluding hydrogens is 184 g/mol. The van der Waals surface area contributed by atoms with E-state index >= 15 is 0 Å². The molecule has 0 bridgehead atoms. The average molecular weight is 204 g/mol. The van der Waals surface area contributed by atoms with Crippen LogP contribution in [0.4, 0.5) is 0 Å². The van der Waals surface area contributed by atoms with Crippen LogP contribution in [0.1, 0.15) is 30.4 Å². The minimum Gasteiger partial charge on any atom is -0.251 e. The Morgan fingerprint density at radius 3 is 2.60 bits per heavy atom. The van der Waals surface area contributed by atoms with Gasteiger partial charge in [-0.3, -0.25) is 5.43 Å². The predicted octanol–water partition coefficient (Wildman–Crippen LogP) is 2.49. The molecule has 0 unspecified atom stereocenters. The van der Waals surface area contributed by atoms with Gasteiger partial charge in [-0.05, 0) is 30.9 Å². The van der Waals surface area contributed by atoms with Gasteiger partial charge in [0.25, 0.3) is 0 Å².